The quantitative estimate of drug-likeness (QED) is 0.332. The van der Waals surface area contributed by atoms with Gasteiger partial charge < -0.3 is 25.6 Å². The normalized spacial score (nSPS) is 19.5. The Morgan fingerprint density at radius 2 is 1.86 bits per heavy atom. The number of benzene rings is 1. The highest BCUT2D eigenvalue weighted by molar-refractivity contribution is 5.87. The molecule has 1 heterocycles. The number of carbonyl (C=O) groups is 4. The number of amides is 3. The van der Waals surface area contributed by atoms with Crippen LogP contribution in [0.15, 0.2) is 30.3 Å². The van der Waals surface area contributed by atoms with Crippen LogP contribution < -0.4 is 16.0 Å². The van der Waals surface area contributed by atoms with Crippen LogP contribution >= 0.6 is 0 Å². The number of nitrogens with one attached hydrogen (secondary N) is 3. The van der Waals surface area contributed by atoms with Gasteiger partial charge >= 0.3 is 0 Å². The zero-order valence-corrected chi connectivity index (χ0v) is 22.4. The van der Waals surface area contributed by atoms with Crippen molar-refractivity contribution in [3.05, 3.63) is 35.9 Å². The molecule has 3 N–H and O–H groups in total. The number of hydrogen-bond donors (Lipinski definition) is 3. The van der Waals surface area contributed by atoms with E-state index in [-0.39, 0.29) is 30.2 Å². The molecule has 200 valence electrons. The Bertz CT molecular complexity index is 878. The summed E-state index contributed by atoms with van der Waals surface area (Å²) in [4.78, 5) is 54.4. The van der Waals surface area contributed by atoms with Crippen molar-refractivity contribution < 1.29 is 19.2 Å². The van der Waals surface area contributed by atoms with Gasteiger partial charge in [0, 0.05) is 26.1 Å². The number of likely N-dealkylation sites (tertiary alicyclic amines) is 1. The van der Waals surface area contributed by atoms with E-state index in [1.165, 1.54) is 0 Å². The first kappa shape index (κ1) is 29.5. The number of nitrogens with zero attached hydrogens (tertiary/aromatic N) is 2. The lowest BCUT2D eigenvalue weighted by Gasteiger charge is -2.37. The summed E-state index contributed by atoms with van der Waals surface area (Å²) in [6, 6.07) is 8.48. The molecule has 1 aliphatic heterocycles. The third-order valence-electron chi connectivity index (χ3n) is 6.96. The van der Waals surface area contributed by atoms with Gasteiger partial charge in [-0.3, -0.25) is 19.3 Å². The zero-order chi connectivity index (χ0) is 26.7. The molecule has 0 aliphatic carbocycles. The largest absolute Gasteiger partial charge is 0.350 e. The van der Waals surface area contributed by atoms with Gasteiger partial charge in [0.1, 0.15) is 17.9 Å². The van der Waals surface area contributed by atoms with Crippen molar-refractivity contribution in [2.24, 2.45) is 5.92 Å². The number of hydrogen-bond acceptors (Lipinski definition) is 6. The SMILES string of the molecule is CNC(C)C(=O)N(CCC1(C(=O)NCc2ccccc2)CCCN1C)CC(C=O)NC(=O)CC(C)C. The van der Waals surface area contributed by atoms with Crippen molar-refractivity contribution in [1.29, 1.82) is 0 Å². The molecule has 0 bridgehead atoms. The average Bonchev–Trinajstić information content (AvgIpc) is 3.24. The van der Waals surface area contributed by atoms with Crippen LogP contribution in [-0.2, 0) is 25.7 Å². The van der Waals surface area contributed by atoms with Crippen molar-refractivity contribution in [2.75, 3.05) is 33.7 Å². The van der Waals surface area contributed by atoms with Crippen molar-refractivity contribution in [1.82, 2.24) is 25.8 Å². The molecule has 9 heteroatoms. The minimum absolute atomic E-state index is 0.0578. The van der Waals surface area contributed by atoms with Crippen LogP contribution in [0.1, 0.15) is 52.0 Å². The second-order valence-electron chi connectivity index (χ2n) is 10.2. The smallest absolute Gasteiger partial charge is 0.240 e. The molecule has 0 saturated carbocycles. The third-order valence-corrected chi connectivity index (χ3v) is 6.96. The van der Waals surface area contributed by atoms with Gasteiger partial charge in [0.05, 0.1) is 6.04 Å². The first-order chi connectivity index (χ1) is 17.1. The van der Waals surface area contributed by atoms with Crippen molar-refractivity contribution in [2.45, 2.75) is 70.6 Å². The Morgan fingerprint density at radius 1 is 1.17 bits per heavy atom. The lowest BCUT2D eigenvalue weighted by atomic mass is 9.90. The van der Waals surface area contributed by atoms with E-state index < -0.39 is 17.6 Å². The molecule has 0 radical (unpaired) electrons. The van der Waals surface area contributed by atoms with Gasteiger partial charge in [-0.25, -0.2) is 0 Å². The van der Waals surface area contributed by atoms with E-state index in [1.54, 1.807) is 18.9 Å². The van der Waals surface area contributed by atoms with Gasteiger partial charge in [-0.1, -0.05) is 44.2 Å². The molecule has 36 heavy (non-hydrogen) atoms. The van der Waals surface area contributed by atoms with E-state index in [0.717, 1.165) is 18.5 Å². The second-order valence-corrected chi connectivity index (χ2v) is 10.2. The number of aldehydes is 1. The third kappa shape index (κ3) is 8.13. The van der Waals surface area contributed by atoms with Gasteiger partial charge in [-0.15, -0.1) is 0 Å². The fraction of sp³-hybridized carbons (Fsp3) is 0.630. The Hall–Kier alpha value is -2.78. The molecule has 0 spiro atoms. The minimum Gasteiger partial charge on any atom is -0.350 e. The molecule has 9 nitrogen and oxygen atoms in total. The van der Waals surface area contributed by atoms with E-state index in [1.807, 2.05) is 51.2 Å². The zero-order valence-electron chi connectivity index (χ0n) is 22.4. The summed E-state index contributed by atoms with van der Waals surface area (Å²) in [5, 5.41) is 8.78. The van der Waals surface area contributed by atoms with Crippen LogP contribution in [0, 0.1) is 5.92 Å². The topological polar surface area (TPSA) is 111 Å². The Kier molecular flexibility index (Phi) is 11.5. The van der Waals surface area contributed by atoms with Crippen LogP contribution in [0.5, 0.6) is 0 Å². The van der Waals surface area contributed by atoms with Gasteiger partial charge in [-0.05, 0) is 58.3 Å². The molecule has 1 aliphatic rings. The molecule has 1 fully saturated rings. The van der Waals surface area contributed by atoms with E-state index in [4.69, 9.17) is 0 Å². The standard InChI is InChI=1S/C27H43N5O4/c1-20(2)16-24(34)30-23(19-33)18-32(25(35)21(3)28-4)15-13-27(12-9-14-31(27)5)26(36)29-17-22-10-7-6-8-11-22/h6-8,10-11,19-21,23,28H,9,12-18H2,1-5H3,(H,29,36)(H,30,34). The Labute approximate surface area is 215 Å². The van der Waals surface area contributed by atoms with Gasteiger partial charge in [-0.2, -0.15) is 0 Å². The highest BCUT2D eigenvalue weighted by atomic mass is 16.2. The van der Waals surface area contributed by atoms with Gasteiger partial charge in [0.15, 0.2) is 0 Å². The fourth-order valence-electron chi connectivity index (χ4n) is 4.68. The highest BCUT2D eigenvalue weighted by Gasteiger charge is 2.45. The molecule has 3 amide bonds. The summed E-state index contributed by atoms with van der Waals surface area (Å²) in [5.41, 5.74) is 0.278. The predicted octanol–water partition coefficient (Wildman–Crippen LogP) is 1.32. The van der Waals surface area contributed by atoms with E-state index in [2.05, 4.69) is 20.9 Å². The van der Waals surface area contributed by atoms with Crippen LogP contribution in [-0.4, -0.2) is 85.2 Å². The summed E-state index contributed by atoms with van der Waals surface area (Å²) in [7, 11) is 3.64. The average molecular weight is 502 g/mol. The first-order valence-electron chi connectivity index (χ1n) is 12.9. The lowest BCUT2D eigenvalue weighted by molar-refractivity contribution is -0.137. The Balaban J connectivity index is 2.15. The van der Waals surface area contributed by atoms with Crippen LogP contribution in [0.4, 0.5) is 0 Å². The molecule has 1 aromatic rings. The van der Waals surface area contributed by atoms with Crippen LogP contribution in [0.3, 0.4) is 0 Å². The maximum Gasteiger partial charge on any atom is 0.240 e. The first-order valence-corrected chi connectivity index (χ1v) is 12.9. The highest BCUT2D eigenvalue weighted by Crippen LogP contribution is 2.32. The van der Waals surface area contributed by atoms with Crippen LogP contribution in [0.2, 0.25) is 0 Å². The van der Waals surface area contributed by atoms with Crippen molar-refractivity contribution >= 4 is 24.0 Å². The summed E-state index contributed by atoms with van der Waals surface area (Å²) in [5.74, 6) is -0.296. The molecule has 1 aromatic carbocycles. The number of likely N-dealkylation sites (N-methyl/N-ethyl adjacent to an activating group) is 2. The van der Waals surface area contributed by atoms with E-state index >= 15 is 0 Å². The summed E-state index contributed by atoms with van der Waals surface area (Å²) < 4.78 is 0. The monoisotopic (exact) mass is 501 g/mol. The van der Waals surface area contributed by atoms with Crippen molar-refractivity contribution in [3.63, 3.8) is 0 Å². The molecule has 2 rings (SSSR count). The van der Waals surface area contributed by atoms with Gasteiger partial charge in [0.25, 0.3) is 0 Å². The Morgan fingerprint density at radius 3 is 2.42 bits per heavy atom. The second kappa shape index (κ2) is 14.1. The minimum atomic E-state index is -0.812. The molecule has 0 aromatic heterocycles. The molecule has 3 unspecified atom stereocenters. The maximum atomic E-state index is 13.5. The molecule has 1 saturated heterocycles. The summed E-state index contributed by atoms with van der Waals surface area (Å²) >= 11 is 0. The fourth-order valence-corrected chi connectivity index (χ4v) is 4.68. The maximum absolute atomic E-state index is 13.5. The predicted molar refractivity (Wildman–Crippen MR) is 140 cm³/mol. The number of carbonyl (C=O) groups excluding carboxylic acids is 4. The van der Waals surface area contributed by atoms with Crippen LogP contribution in [0.25, 0.3) is 0 Å². The van der Waals surface area contributed by atoms with E-state index in [0.29, 0.717) is 38.6 Å². The lowest BCUT2D eigenvalue weighted by Crippen LogP contribution is -2.57. The summed E-state index contributed by atoms with van der Waals surface area (Å²) in [6.07, 6.45) is 2.99. The molecular weight excluding hydrogens is 458 g/mol. The van der Waals surface area contributed by atoms with Gasteiger partial charge in [0.2, 0.25) is 17.7 Å². The summed E-state index contributed by atoms with van der Waals surface area (Å²) in [6.45, 7) is 7.20. The molecular formula is C27H43N5O4. The van der Waals surface area contributed by atoms with E-state index in [9.17, 15) is 19.2 Å². The molecule has 3 atom stereocenters. The van der Waals surface area contributed by atoms with Crippen molar-refractivity contribution in [3.8, 4) is 0 Å². The number of rotatable bonds is 14.